The van der Waals surface area contributed by atoms with Crippen molar-refractivity contribution >= 4 is 11.6 Å². The summed E-state index contributed by atoms with van der Waals surface area (Å²) in [5.41, 5.74) is 0.720. The molecule has 1 aromatic carbocycles. The number of amides is 1. The van der Waals surface area contributed by atoms with E-state index in [4.69, 9.17) is 10.00 Å². The summed E-state index contributed by atoms with van der Waals surface area (Å²) in [4.78, 5) is 13.1. The summed E-state index contributed by atoms with van der Waals surface area (Å²) in [6, 6.07) is 9.46. The number of carbonyl (C=O) groups is 1. The summed E-state index contributed by atoms with van der Waals surface area (Å²) < 4.78 is 5.11. The summed E-state index contributed by atoms with van der Waals surface area (Å²) in [7, 11) is 1.59. The minimum absolute atomic E-state index is 0.0467. The number of carbonyl (C=O) groups excluding carboxylic acids is 1. The smallest absolute Gasteiger partial charge is 0.279 e. The van der Waals surface area contributed by atoms with Gasteiger partial charge in [-0.05, 0) is 26.0 Å². The Hall–Kier alpha value is -2.06. The van der Waals surface area contributed by atoms with Crippen molar-refractivity contribution in [2.24, 2.45) is 5.92 Å². The molecule has 0 bridgehead atoms. The van der Waals surface area contributed by atoms with Crippen LogP contribution in [0.2, 0.25) is 0 Å². The third-order valence-corrected chi connectivity index (χ3v) is 3.08. The number of anilines is 1. The van der Waals surface area contributed by atoms with Crippen LogP contribution in [0.25, 0.3) is 0 Å². The fourth-order valence-corrected chi connectivity index (χ4v) is 1.95. The average Bonchev–Trinajstić information content (AvgIpc) is 2.46. The lowest BCUT2D eigenvalue weighted by molar-refractivity contribution is -0.892. The van der Waals surface area contributed by atoms with Gasteiger partial charge in [0.2, 0.25) is 0 Å². The first-order valence-electron chi connectivity index (χ1n) is 6.76. The number of quaternary nitrogens is 1. The molecule has 108 valence electrons. The van der Waals surface area contributed by atoms with Gasteiger partial charge in [-0.15, -0.1) is 0 Å². The van der Waals surface area contributed by atoms with E-state index in [0.29, 0.717) is 18.8 Å². The SMILES string of the molecule is CC[NH+](CC(=O)Nc1cccc(OC)c1)C[C@@H](C)C#N. The van der Waals surface area contributed by atoms with Gasteiger partial charge < -0.3 is 15.0 Å². The van der Waals surface area contributed by atoms with Crippen LogP contribution in [0.3, 0.4) is 0 Å². The van der Waals surface area contributed by atoms with Crippen molar-refractivity contribution in [3.63, 3.8) is 0 Å². The highest BCUT2D eigenvalue weighted by Crippen LogP contribution is 2.16. The van der Waals surface area contributed by atoms with Gasteiger partial charge in [0.05, 0.1) is 32.2 Å². The van der Waals surface area contributed by atoms with Crippen LogP contribution in [0, 0.1) is 17.2 Å². The van der Waals surface area contributed by atoms with Gasteiger partial charge in [-0.2, -0.15) is 5.26 Å². The molecule has 5 heteroatoms. The van der Waals surface area contributed by atoms with Crippen LogP contribution in [0.15, 0.2) is 24.3 Å². The van der Waals surface area contributed by atoms with Crippen molar-refractivity contribution in [3.05, 3.63) is 24.3 Å². The molecular weight excluding hydrogens is 254 g/mol. The Kier molecular flexibility index (Phi) is 6.54. The summed E-state index contributed by atoms with van der Waals surface area (Å²) in [6.45, 7) is 5.74. The van der Waals surface area contributed by atoms with E-state index in [1.807, 2.05) is 32.0 Å². The highest BCUT2D eigenvalue weighted by atomic mass is 16.5. The Morgan fingerprint density at radius 2 is 2.30 bits per heavy atom. The third-order valence-electron chi connectivity index (χ3n) is 3.08. The fourth-order valence-electron chi connectivity index (χ4n) is 1.95. The van der Waals surface area contributed by atoms with Crippen molar-refractivity contribution in [2.75, 3.05) is 32.1 Å². The molecule has 1 amide bonds. The Labute approximate surface area is 120 Å². The Balaban J connectivity index is 2.55. The molecule has 0 aliphatic heterocycles. The number of nitrogens with zero attached hydrogens (tertiary/aromatic N) is 1. The van der Waals surface area contributed by atoms with Gasteiger partial charge in [-0.3, -0.25) is 4.79 Å². The van der Waals surface area contributed by atoms with Gasteiger partial charge in [0.25, 0.3) is 5.91 Å². The van der Waals surface area contributed by atoms with E-state index in [1.54, 1.807) is 13.2 Å². The maximum atomic E-state index is 12.0. The zero-order chi connectivity index (χ0) is 15.0. The van der Waals surface area contributed by atoms with Crippen molar-refractivity contribution in [1.82, 2.24) is 0 Å². The molecule has 0 aliphatic carbocycles. The normalized spacial score (nSPS) is 13.1. The highest BCUT2D eigenvalue weighted by Gasteiger charge is 2.15. The first-order chi connectivity index (χ1) is 9.58. The first kappa shape index (κ1) is 16.0. The second-order valence-electron chi connectivity index (χ2n) is 4.79. The Morgan fingerprint density at radius 1 is 1.55 bits per heavy atom. The number of rotatable bonds is 7. The number of nitriles is 1. The van der Waals surface area contributed by atoms with Crippen molar-refractivity contribution in [3.8, 4) is 11.8 Å². The molecule has 0 saturated carbocycles. The molecule has 1 aromatic rings. The van der Waals surface area contributed by atoms with Crippen LogP contribution in [0.5, 0.6) is 5.75 Å². The molecule has 0 radical (unpaired) electrons. The zero-order valence-electron chi connectivity index (χ0n) is 12.3. The van der Waals surface area contributed by atoms with Crippen LogP contribution in [0.4, 0.5) is 5.69 Å². The van der Waals surface area contributed by atoms with Crippen LogP contribution >= 0.6 is 0 Å². The molecule has 0 aliphatic rings. The summed E-state index contributed by atoms with van der Waals surface area (Å²) in [6.07, 6.45) is 0. The van der Waals surface area contributed by atoms with E-state index in [9.17, 15) is 4.79 Å². The van der Waals surface area contributed by atoms with E-state index in [1.165, 1.54) is 0 Å². The number of benzene rings is 1. The largest absolute Gasteiger partial charge is 0.497 e. The minimum atomic E-state index is -0.0553. The lowest BCUT2D eigenvalue weighted by Crippen LogP contribution is -3.13. The predicted molar refractivity (Wildman–Crippen MR) is 77.6 cm³/mol. The molecule has 1 unspecified atom stereocenters. The number of likely N-dealkylation sites (N-methyl/N-ethyl adjacent to an activating group) is 1. The van der Waals surface area contributed by atoms with Crippen molar-refractivity contribution in [2.45, 2.75) is 13.8 Å². The van der Waals surface area contributed by atoms with Crippen molar-refractivity contribution in [1.29, 1.82) is 5.26 Å². The molecule has 0 saturated heterocycles. The van der Waals surface area contributed by atoms with Crippen LogP contribution in [-0.2, 0) is 4.79 Å². The quantitative estimate of drug-likeness (QED) is 0.770. The second-order valence-corrected chi connectivity index (χ2v) is 4.79. The number of hydrogen-bond acceptors (Lipinski definition) is 3. The van der Waals surface area contributed by atoms with Gasteiger partial charge in [0.15, 0.2) is 6.54 Å². The monoisotopic (exact) mass is 276 g/mol. The first-order valence-corrected chi connectivity index (χ1v) is 6.76. The summed E-state index contributed by atoms with van der Waals surface area (Å²) >= 11 is 0. The molecule has 0 aromatic heterocycles. The number of nitrogens with one attached hydrogen (secondary N) is 2. The zero-order valence-corrected chi connectivity index (χ0v) is 12.3. The topological polar surface area (TPSA) is 66.6 Å². The van der Waals surface area contributed by atoms with Crippen LogP contribution in [0.1, 0.15) is 13.8 Å². The molecular formula is C15H22N3O2+. The summed E-state index contributed by atoms with van der Waals surface area (Å²) in [5, 5.41) is 11.7. The Morgan fingerprint density at radius 3 is 2.90 bits per heavy atom. The Bertz CT molecular complexity index is 482. The van der Waals surface area contributed by atoms with E-state index >= 15 is 0 Å². The van der Waals surface area contributed by atoms with Crippen LogP contribution in [-0.4, -0.2) is 32.7 Å². The lowest BCUT2D eigenvalue weighted by Gasteiger charge is -2.18. The molecule has 0 spiro atoms. The van der Waals surface area contributed by atoms with Crippen LogP contribution < -0.4 is 15.0 Å². The fraction of sp³-hybridized carbons (Fsp3) is 0.467. The maximum absolute atomic E-state index is 12.0. The molecule has 1 rings (SSSR count). The third kappa shape index (κ3) is 5.29. The van der Waals surface area contributed by atoms with Gasteiger partial charge >= 0.3 is 0 Å². The maximum Gasteiger partial charge on any atom is 0.279 e. The molecule has 0 heterocycles. The van der Waals surface area contributed by atoms with Gasteiger partial charge in [-0.1, -0.05) is 6.07 Å². The van der Waals surface area contributed by atoms with Gasteiger partial charge in [0.1, 0.15) is 5.75 Å². The lowest BCUT2D eigenvalue weighted by atomic mass is 10.2. The van der Waals surface area contributed by atoms with E-state index in [-0.39, 0.29) is 11.8 Å². The molecule has 2 N–H and O–H groups in total. The number of hydrogen-bond donors (Lipinski definition) is 2. The van der Waals surface area contributed by atoms with Crippen molar-refractivity contribution < 1.29 is 14.4 Å². The van der Waals surface area contributed by atoms with E-state index in [0.717, 1.165) is 17.1 Å². The summed E-state index contributed by atoms with van der Waals surface area (Å²) in [5.74, 6) is 0.607. The predicted octanol–water partition coefficient (Wildman–Crippen LogP) is 0.698. The standard InChI is InChI=1S/C15H21N3O2/c1-4-18(10-12(2)9-16)11-15(19)17-13-6-5-7-14(8-13)20-3/h5-8,12H,4,10-11H2,1-3H3,(H,17,19)/p+1/t12-/m0/s1. The van der Waals surface area contributed by atoms with E-state index in [2.05, 4.69) is 11.4 Å². The van der Waals surface area contributed by atoms with E-state index < -0.39 is 0 Å². The average molecular weight is 276 g/mol. The number of ether oxygens (including phenoxy) is 1. The molecule has 20 heavy (non-hydrogen) atoms. The highest BCUT2D eigenvalue weighted by molar-refractivity contribution is 5.91. The second kappa shape index (κ2) is 8.18. The molecule has 5 nitrogen and oxygen atoms in total. The minimum Gasteiger partial charge on any atom is -0.497 e. The molecule has 0 fully saturated rings. The molecule has 2 atom stereocenters. The van der Waals surface area contributed by atoms with Gasteiger partial charge in [-0.25, -0.2) is 0 Å². The van der Waals surface area contributed by atoms with Gasteiger partial charge in [0, 0.05) is 11.8 Å². The number of methoxy groups -OCH3 is 1.